The molecule has 2 aliphatic heterocycles. The first kappa shape index (κ1) is 13.4. The zero-order valence-electron chi connectivity index (χ0n) is 10.8. The molecule has 0 aliphatic carbocycles. The van der Waals surface area contributed by atoms with Crippen molar-refractivity contribution in [1.82, 2.24) is 14.9 Å². The molecule has 1 aromatic heterocycles. The summed E-state index contributed by atoms with van der Waals surface area (Å²) in [6.45, 7) is 0.736. The van der Waals surface area contributed by atoms with E-state index in [4.69, 9.17) is 10.8 Å². The second-order valence-corrected chi connectivity index (χ2v) is 5.18. The summed E-state index contributed by atoms with van der Waals surface area (Å²) in [6.07, 6.45) is 1.19. The number of nitrogens with zero attached hydrogens (tertiary/aromatic N) is 4. The van der Waals surface area contributed by atoms with Crippen LogP contribution in [0.4, 0.5) is 11.5 Å². The number of anilines is 1. The molecule has 5 N–H and O–H groups in total. The molecule has 1 unspecified atom stereocenters. The lowest BCUT2D eigenvalue weighted by Gasteiger charge is -2.23. The van der Waals surface area contributed by atoms with Crippen molar-refractivity contribution in [3.63, 3.8) is 0 Å². The van der Waals surface area contributed by atoms with E-state index in [9.17, 15) is 10.2 Å². The van der Waals surface area contributed by atoms with Gasteiger partial charge in [-0.3, -0.25) is 9.89 Å². The molecule has 0 spiro atoms. The Labute approximate surface area is 115 Å². The number of aliphatic imine (C=N–C) groups is 1. The largest absolute Gasteiger partial charge is 0.396 e. The Hall–Kier alpha value is -1.61. The Balaban J connectivity index is 1.75. The van der Waals surface area contributed by atoms with Gasteiger partial charge in [-0.25, -0.2) is 9.97 Å². The topological polar surface area (TPSA) is 128 Å². The molecule has 20 heavy (non-hydrogen) atoms. The van der Waals surface area contributed by atoms with Gasteiger partial charge in [0, 0.05) is 31.8 Å². The van der Waals surface area contributed by atoms with Crippen molar-refractivity contribution >= 4 is 17.7 Å². The van der Waals surface area contributed by atoms with Crippen molar-refractivity contribution in [1.29, 1.82) is 0 Å². The first-order valence-corrected chi connectivity index (χ1v) is 6.47. The van der Waals surface area contributed by atoms with Crippen molar-refractivity contribution in [2.75, 3.05) is 25.4 Å². The predicted molar refractivity (Wildman–Crippen MR) is 71.5 cm³/mol. The molecule has 1 saturated heterocycles. The molecule has 0 saturated carbocycles. The molecule has 8 heteroatoms. The molecule has 0 radical (unpaired) electrons. The summed E-state index contributed by atoms with van der Waals surface area (Å²) < 4.78 is 0. The highest BCUT2D eigenvalue weighted by molar-refractivity contribution is 5.83. The number of nitrogens with two attached hydrogens (primary N) is 1. The van der Waals surface area contributed by atoms with Crippen LogP contribution in [0.3, 0.4) is 0 Å². The molecule has 0 bridgehead atoms. The lowest BCUT2D eigenvalue weighted by atomic mass is 10.1. The molecule has 0 amide bonds. The van der Waals surface area contributed by atoms with Crippen LogP contribution in [0.15, 0.2) is 11.3 Å². The Morgan fingerprint density at radius 2 is 2.15 bits per heavy atom. The second-order valence-electron chi connectivity index (χ2n) is 5.18. The number of hydrogen-bond donors (Lipinski definition) is 4. The fourth-order valence-electron chi connectivity index (χ4n) is 2.76. The van der Waals surface area contributed by atoms with Crippen LogP contribution < -0.4 is 5.73 Å². The predicted octanol–water partition coefficient (Wildman–Crippen LogP) is -1.54. The zero-order chi connectivity index (χ0) is 14.3. The van der Waals surface area contributed by atoms with Crippen LogP contribution in [0.25, 0.3) is 0 Å². The highest BCUT2D eigenvalue weighted by atomic mass is 16.4. The fourth-order valence-corrected chi connectivity index (χ4v) is 2.76. The first-order chi connectivity index (χ1) is 9.61. The number of hydrogen-bond acceptors (Lipinski definition) is 8. The van der Waals surface area contributed by atoms with Crippen LogP contribution in [0.1, 0.15) is 11.6 Å². The highest BCUT2D eigenvalue weighted by Crippen LogP contribution is 2.35. The van der Waals surface area contributed by atoms with E-state index in [1.54, 1.807) is 11.1 Å². The number of likely N-dealkylation sites (tertiary alicyclic amines) is 1. The molecule has 2 aliphatic rings. The highest BCUT2D eigenvalue weighted by Gasteiger charge is 2.40. The lowest BCUT2D eigenvalue weighted by Crippen LogP contribution is -2.37. The van der Waals surface area contributed by atoms with Crippen molar-refractivity contribution in [2.24, 2.45) is 10.9 Å². The molecule has 0 aromatic carbocycles. The van der Waals surface area contributed by atoms with Gasteiger partial charge in [0.2, 0.25) is 0 Å². The molecule has 8 nitrogen and oxygen atoms in total. The minimum atomic E-state index is -0.983. The summed E-state index contributed by atoms with van der Waals surface area (Å²) in [4.78, 5) is 14.0. The molecule has 3 heterocycles. The van der Waals surface area contributed by atoms with Gasteiger partial charge >= 0.3 is 0 Å². The van der Waals surface area contributed by atoms with Gasteiger partial charge in [0.1, 0.15) is 18.2 Å². The normalized spacial score (nSPS) is 32.8. The molecular weight excluding hydrogens is 262 g/mol. The summed E-state index contributed by atoms with van der Waals surface area (Å²) in [7, 11) is 0. The van der Waals surface area contributed by atoms with Gasteiger partial charge in [0.15, 0.2) is 5.82 Å². The van der Waals surface area contributed by atoms with Crippen LogP contribution in [0.2, 0.25) is 0 Å². The Bertz CT molecular complexity index is 538. The molecule has 108 valence electrons. The smallest absolute Gasteiger partial charge is 0.153 e. The van der Waals surface area contributed by atoms with Gasteiger partial charge in [0.05, 0.1) is 17.7 Å². The van der Waals surface area contributed by atoms with Crippen molar-refractivity contribution in [3.8, 4) is 0 Å². The quantitative estimate of drug-likeness (QED) is 0.528. The maximum Gasteiger partial charge on any atom is 0.153 e. The summed E-state index contributed by atoms with van der Waals surface area (Å²) in [5.41, 5.74) is 7.04. The third kappa shape index (κ3) is 2.06. The fraction of sp³-hybridized carbons (Fsp3) is 0.583. The van der Waals surface area contributed by atoms with E-state index in [2.05, 4.69) is 15.0 Å². The average molecular weight is 279 g/mol. The third-order valence-electron chi connectivity index (χ3n) is 3.91. The van der Waals surface area contributed by atoms with Gasteiger partial charge < -0.3 is 21.1 Å². The summed E-state index contributed by atoms with van der Waals surface area (Å²) >= 11 is 0. The maximum absolute atomic E-state index is 9.98. The van der Waals surface area contributed by atoms with Crippen LogP contribution in [0.5, 0.6) is 0 Å². The molecular formula is C12H17N5O3. The number of rotatable bonds is 3. The molecule has 1 fully saturated rings. The van der Waals surface area contributed by atoms with Crippen LogP contribution in [0, 0.1) is 5.92 Å². The Kier molecular flexibility index (Phi) is 3.38. The van der Waals surface area contributed by atoms with Crippen molar-refractivity contribution in [2.45, 2.75) is 18.2 Å². The number of aliphatic hydroxyl groups excluding tert-OH is 3. The summed E-state index contributed by atoms with van der Waals surface area (Å²) in [5, 5.41) is 29.0. The molecule has 3 rings (SSSR count). The number of aromatic nitrogens is 2. The first-order valence-electron chi connectivity index (χ1n) is 6.47. The van der Waals surface area contributed by atoms with Crippen LogP contribution in [-0.2, 0) is 0 Å². The van der Waals surface area contributed by atoms with E-state index in [-0.39, 0.29) is 18.4 Å². The summed E-state index contributed by atoms with van der Waals surface area (Å²) in [5.74, 6) is -0.100. The van der Waals surface area contributed by atoms with E-state index >= 15 is 0 Å². The average Bonchev–Trinajstić information content (AvgIpc) is 2.97. The van der Waals surface area contributed by atoms with Crippen molar-refractivity contribution in [3.05, 3.63) is 12.0 Å². The maximum atomic E-state index is 9.98. The molecule has 1 aromatic rings. The Morgan fingerprint density at radius 1 is 1.35 bits per heavy atom. The molecule has 4 atom stereocenters. The lowest BCUT2D eigenvalue weighted by molar-refractivity contribution is -0.0462. The standard InChI is InChI=1S/C12H17N5O3/c13-11-9-8(15-5-16-11)6(1-14-9)2-17-3-7(4-18)10(19)12(17)20/h1,5-7,10,12,18-20H,2-4H2,(H2,13,15,16)/t6?,7-,10-,12-/m1/s1. The van der Waals surface area contributed by atoms with Crippen LogP contribution in [-0.4, -0.2) is 68.4 Å². The number of aliphatic hydroxyl groups is 3. The van der Waals surface area contributed by atoms with E-state index in [0.717, 1.165) is 5.69 Å². The third-order valence-corrected chi connectivity index (χ3v) is 3.91. The Morgan fingerprint density at radius 3 is 2.85 bits per heavy atom. The minimum Gasteiger partial charge on any atom is -0.396 e. The monoisotopic (exact) mass is 279 g/mol. The number of nitrogen functional groups attached to an aromatic ring is 1. The minimum absolute atomic E-state index is 0.102. The van der Waals surface area contributed by atoms with Crippen molar-refractivity contribution < 1.29 is 15.3 Å². The van der Waals surface area contributed by atoms with E-state index in [0.29, 0.717) is 24.6 Å². The SMILES string of the molecule is Nc1ncnc2c1N=CC2CN1C[C@H](CO)[C@@H](O)[C@H]1O. The van der Waals surface area contributed by atoms with E-state index < -0.39 is 12.3 Å². The van der Waals surface area contributed by atoms with Gasteiger partial charge in [-0.15, -0.1) is 0 Å². The van der Waals surface area contributed by atoms with E-state index in [1.807, 2.05) is 0 Å². The second kappa shape index (κ2) is 5.06. The van der Waals surface area contributed by atoms with Gasteiger partial charge in [0.25, 0.3) is 0 Å². The van der Waals surface area contributed by atoms with E-state index in [1.165, 1.54) is 6.33 Å². The van der Waals surface area contributed by atoms with Gasteiger partial charge in [-0.2, -0.15) is 0 Å². The zero-order valence-corrected chi connectivity index (χ0v) is 10.8. The van der Waals surface area contributed by atoms with Crippen LogP contribution >= 0.6 is 0 Å². The van der Waals surface area contributed by atoms with Gasteiger partial charge in [-0.05, 0) is 0 Å². The number of fused-ring (bicyclic) bond motifs is 1. The van der Waals surface area contributed by atoms with Gasteiger partial charge in [-0.1, -0.05) is 0 Å². The summed E-state index contributed by atoms with van der Waals surface area (Å²) in [6, 6.07) is 0.